The van der Waals surface area contributed by atoms with E-state index in [4.69, 9.17) is 5.73 Å². The van der Waals surface area contributed by atoms with Crippen LogP contribution in [0.15, 0.2) is 24.3 Å². The van der Waals surface area contributed by atoms with Gasteiger partial charge in [-0.15, -0.1) is 0 Å². The van der Waals surface area contributed by atoms with Crippen molar-refractivity contribution in [1.82, 2.24) is 0 Å². The highest BCUT2D eigenvalue weighted by Crippen LogP contribution is 2.37. The van der Waals surface area contributed by atoms with Crippen LogP contribution < -0.4 is 5.73 Å². The number of halogens is 1. The molecule has 106 valence electrons. The molecule has 1 aromatic rings. The zero-order valence-electron chi connectivity index (χ0n) is 11.8. The summed E-state index contributed by atoms with van der Waals surface area (Å²) in [6.07, 6.45) is 5.34. The van der Waals surface area contributed by atoms with Gasteiger partial charge in [0, 0.05) is 16.5 Å². The minimum atomic E-state index is -0.197. The van der Waals surface area contributed by atoms with Crippen molar-refractivity contribution in [3.8, 4) is 0 Å². The van der Waals surface area contributed by atoms with E-state index in [1.165, 1.54) is 37.8 Å². The number of hydrogen-bond acceptors (Lipinski definition) is 2. The molecule has 0 radical (unpaired) electrons. The van der Waals surface area contributed by atoms with E-state index in [0.29, 0.717) is 5.25 Å². The smallest absolute Gasteiger partial charge is 0.123 e. The Bertz CT molecular complexity index is 392. The summed E-state index contributed by atoms with van der Waals surface area (Å²) >= 11 is 2.01. The molecule has 0 aromatic heterocycles. The third-order valence-corrected chi connectivity index (χ3v) is 5.59. The summed E-state index contributed by atoms with van der Waals surface area (Å²) in [5, 5.41) is 1.12. The first-order valence-corrected chi connectivity index (χ1v) is 8.17. The number of nitrogens with two attached hydrogens (primary N) is 1. The largest absolute Gasteiger partial charge is 0.323 e. The van der Waals surface area contributed by atoms with Crippen molar-refractivity contribution in [2.24, 2.45) is 11.7 Å². The summed E-state index contributed by atoms with van der Waals surface area (Å²) in [5.74, 6) is 0.651. The Morgan fingerprint density at radius 2 is 1.95 bits per heavy atom. The van der Waals surface area contributed by atoms with Crippen LogP contribution >= 0.6 is 11.8 Å². The van der Waals surface area contributed by atoms with Crippen LogP contribution in [-0.4, -0.2) is 10.5 Å². The maximum Gasteiger partial charge on any atom is 0.123 e. The Balaban J connectivity index is 1.91. The maximum atomic E-state index is 12.9. The monoisotopic (exact) mass is 281 g/mol. The van der Waals surface area contributed by atoms with E-state index in [2.05, 4.69) is 13.8 Å². The normalized spacial score (nSPS) is 26.9. The Morgan fingerprint density at radius 3 is 2.58 bits per heavy atom. The molecule has 1 fully saturated rings. The summed E-state index contributed by atoms with van der Waals surface area (Å²) in [6, 6.07) is 6.59. The molecule has 0 heterocycles. The molecule has 3 heteroatoms. The molecule has 0 saturated heterocycles. The van der Waals surface area contributed by atoms with Crippen LogP contribution in [0, 0.1) is 11.7 Å². The molecule has 1 aliphatic carbocycles. The fourth-order valence-electron chi connectivity index (χ4n) is 2.85. The predicted molar refractivity (Wildman–Crippen MR) is 81.8 cm³/mol. The van der Waals surface area contributed by atoms with E-state index in [-0.39, 0.29) is 11.9 Å². The summed E-state index contributed by atoms with van der Waals surface area (Å²) in [6.45, 7) is 4.54. The lowest BCUT2D eigenvalue weighted by atomic mass is 9.90. The molecule has 0 amide bonds. The van der Waals surface area contributed by atoms with Crippen molar-refractivity contribution in [3.05, 3.63) is 35.6 Å². The SMILES string of the molecule is CC1CCCC(SC(C)C(N)c2ccc(F)cc2)C1. The number of hydrogen-bond donors (Lipinski definition) is 1. The van der Waals surface area contributed by atoms with Gasteiger partial charge < -0.3 is 5.73 Å². The van der Waals surface area contributed by atoms with E-state index < -0.39 is 0 Å². The summed E-state index contributed by atoms with van der Waals surface area (Å²) in [5.41, 5.74) is 7.33. The van der Waals surface area contributed by atoms with Gasteiger partial charge in [0.1, 0.15) is 5.82 Å². The van der Waals surface area contributed by atoms with Gasteiger partial charge in [0.2, 0.25) is 0 Å². The number of rotatable bonds is 4. The molecule has 0 aliphatic heterocycles. The van der Waals surface area contributed by atoms with Gasteiger partial charge in [-0.3, -0.25) is 0 Å². The molecule has 1 aliphatic rings. The molecular weight excluding hydrogens is 257 g/mol. The van der Waals surface area contributed by atoms with Crippen LogP contribution in [0.25, 0.3) is 0 Å². The molecule has 1 aromatic carbocycles. The van der Waals surface area contributed by atoms with Crippen molar-refractivity contribution in [1.29, 1.82) is 0 Å². The van der Waals surface area contributed by atoms with Gasteiger partial charge in [-0.05, 0) is 36.5 Å². The van der Waals surface area contributed by atoms with Crippen molar-refractivity contribution in [2.45, 2.75) is 56.1 Å². The van der Waals surface area contributed by atoms with E-state index in [1.807, 2.05) is 11.8 Å². The first-order valence-electron chi connectivity index (χ1n) is 7.22. The maximum absolute atomic E-state index is 12.9. The summed E-state index contributed by atoms with van der Waals surface area (Å²) < 4.78 is 12.9. The first kappa shape index (κ1) is 14.9. The Hall–Kier alpha value is -0.540. The minimum Gasteiger partial charge on any atom is -0.323 e. The van der Waals surface area contributed by atoms with Crippen molar-refractivity contribution >= 4 is 11.8 Å². The summed E-state index contributed by atoms with van der Waals surface area (Å²) in [4.78, 5) is 0. The second-order valence-corrected chi connectivity index (χ2v) is 7.49. The lowest BCUT2D eigenvalue weighted by molar-refractivity contribution is 0.393. The summed E-state index contributed by atoms with van der Waals surface area (Å²) in [7, 11) is 0. The quantitative estimate of drug-likeness (QED) is 0.877. The molecule has 2 rings (SSSR count). The molecule has 1 nitrogen and oxygen atoms in total. The molecule has 2 N–H and O–H groups in total. The van der Waals surface area contributed by atoms with Crippen LogP contribution in [0.2, 0.25) is 0 Å². The third kappa shape index (κ3) is 4.22. The zero-order chi connectivity index (χ0) is 13.8. The third-order valence-electron chi connectivity index (χ3n) is 4.06. The van der Waals surface area contributed by atoms with E-state index >= 15 is 0 Å². The van der Waals surface area contributed by atoms with Crippen LogP contribution in [0.3, 0.4) is 0 Å². The second-order valence-electron chi connectivity index (χ2n) is 5.81. The van der Waals surface area contributed by atoms with Gasteiger partial charge >= 0.3 is 0 Å². The standard InChI is InChI=1S/C16H24FNS/c1-11-4-3-5-15(10-11)19-12(2)16(18)13-6-8-14(17)9-7-13/h6-9,11-12,15-16H,3-5,10,18H2,1-2H3. The van der Waals surface area contributed by atoms with Gasteiger partial charge in [-0.25, -0.2) is 4.39 Å². The topological polar surface area (TPSA) is 26.0 Å². The van der Waals surface area contributed by atoms with Gasteiger partial charge in [-0.1, -0.05) is 38.8 Å². The highest BCUT2D eigenvalue weighted by atomic mass is 32.2. The van der Waals surface area contributed by atoms with Crippen molar-refractivity contribution in [3.63, 3.8) is 0 Å². The Morgan fingerprint density at radius 1 is 1.26 bits per heavy atom. The van der Waals surface area contributed by atoms with Crippen LogP contribution in [0.1, 0.15) is 51.1 Å². The lowest BCUT2D eigenvalue weighted by Gasteiger charge is -2.30. The van der Waals surface area contributed by atoms with Gasteiger partial charge in [0.25, 0.3) is 0 Å². The van der Waals surface area contributed by atoms with E-state index in [9.17, 15) is 4.39 Å². The molecule has 1 saturated carbocycles. The average molecular weight is 281 g/mol. The fourth-order valence-corrected chi connectivity index (χ4v) is 4.52. The molecule has 19 heavy (non-hydrogen) atoms. The molecule has 4 unspecified atom stereocenters. The van der Waals surface area contributed by atoms with Gasteiger partial charge in [0.15, 0.2) is 0 Å². The van der Waals surface area contributed by atoms with Crippen molar-refractivity contribution < 1.29 is 4.39 Å². The molecule has 0 bridgehead atoms. The van der Waals surface area contributed by atoms with Crippen molar-refractivity contribution in [2.75, 3.05) is 0 Å². The predicted octanol–water partition coefficient (Wildman–Crippen LogP) is 4.53. The first-order chi connectivity index (χ1) is 9.06. The Kier molecular flexibility index (Phi) is 5.28. The van der Waals surface area contributed by atoms with Gasteiger partial charge in [-0.2, -0.15) is 11.8 Å². The van der Waals surface area contributed by atoms with Crippen LogP contribution in [0.4, 0.5) is 4.39 Å². The molecule has 0 spiro atoms. The fraction of sp³-hybridized carbons (Fsp3) is 0.625. The van der Waals surface area contributed by atoms with Crippen LogP contribution in [0.5, 0.6) is 0 Å². The van der Waals surface area contributed by atoms with Gasteiger partial charge in [0.05, 0.1) is 0 Å². The molecular formula is C16H24FNS. The highest BCUT2D eigenvalue weighted by Gasteiger charge is 2.24. The minimum absolute atomic E-state index is 0.0113. The zero-order valence-corrected chi connectivity index (χ0v) is 12.6. The van der Waals surface area contributed by atoms with E-state index in [1.54, 1.807) is 12.1 Å². The lowest BCUT2D eigenvalue weighted by Crippen LogP contribution is -2.25. The number of thioether (sulfide) groups is 1. The average Bonchev–Trinajstić information content (AvgIpc) is 2.39. The highest BCUT2D eigenvalue weighted by molar-refractivity contribution is 8.00. The molecule has 4 atom stereocenters. The van der Waals surface area contributed by atoms with E-state index in [0.717, 1.165) is 16.7 Å². The van der Waals surface area contributed by atoms with Crippen LogP contribution in [-0.2, 0) is 0 Å². The second kappa shape index (κ2) is 6.76. The Labute approximate surface area is 120 Å². The number of benzene rings is 1.